The van der Waals surface area contributed by atoms with E-state index in [0.29, 0.717) is 17.1 Å². The standard InChI is InChI=1S/C22H14N2O5/c25-22-19(23-21(29-22)12-9-15-5-2-1-3-6-15)14-18-10-11-20(28-18)16-7-4-8-17(13-16)24(26)27/h1-14H/b12-9+,19-14+. The molecular formula is C22H14N2O5. The predicted octanol–water partition coefficient (Wildman–Crippen LogP) is 4.86. The first kappa shape index (κ1) is 18.1. The molecule has 0 atom stereocenters. The highest BCUT2D eigenvalue weighted by molar-refractivity contribution is 6.11. The fraction of sp³-hybridized carbons (Fsp3) is 0. The Kier molecular flexibility index (Phi) is 4.86. The first-order valence-electron chi connectivity index (χ1n) is 8.69. The first-order valence-corrected chi connectivity index (χ1v) is 8.69. The molecule has 7 heteroatoms. The van der Waals surface area contributed by atoms with Crippen molar-refractivity contribution in [3.8, 4) is 11.3 Å². The summed E-state index contributed by atoms with van der Waals surface area (Å²) in [5.74, 6) is 0.442. The zero-order chi connectivity index (χ0) is 20.2. The molecule has 1 aliphatic heterocycles. The molecule has 0 N–H and O–H groups in total. The molecule has 29 heavy (non-hydrogen) atoms. The second kappa shape index (κ2) is 7.77. The van der Waals surface area contributed by atoms with E-state index >= 15 is 0 Å². The van der Waals surface area contributed by atoms with Gasteiger partial charge in [-0.3, -0.25) is 10.1 Å². The van der Waals surface area contributed by atoms with Crippen molar-refractivity contribution in [1.82, 2.24) is 0 Å². The molecule has 0 aliphatic carbocycles. The Hall–Kier alpha value is -4.26. The van der Waals surface area contributed by atoms with Gasteiger partial charge >= 0.3 is 5.97 Å². The number of nitro benzene ring substituents is 1. The SMILES string of the molecule is O=C1OC(/C=C/c2ccccc2)=NC/1=C/c1ccc(-c2cccc([N+](=O)[O-])c2)o1. The molecule has 4 rings (SSSR count). The average molecular weight is 386 g/mol. The summed E-state index contributed by atoms with van der Waals surface area (Å²) in [6.45, 7) is 0. The summed E-state index contributed by atoms with van der Waals surface area (Å²) in [4.78, 5) is 26.7. The number of carbonyl (C=O) groups excluding carboxylic acids is 1. The minimum atomic E-state index is -0.578. The number of ether oxygens (including phenoxy) is 1. The maximum absolute atomic E-state index is 12.0. The van der Waals surface area contributed by atoms with Crippen molar-refractivity contribution in [3.05, 3.63) is 99.9 Å². The van der Waals surface area contributed by atoms with Gasteiger partial charge < -0.3 is 9.15 Å². The zero-order valence-corrected chi connectivity index (χ0v) is 15.0. The summed E-state index contributed by atoms with van der Waals surface area (Å²) >= 11 is 0. The Morgan fingerprint density at radius 3 is 2.59 bits per heavy atom. The summed E-state index contributed by atoms with van der Waals surface area (Å²) in [6, 6.07) is 19.0. The lowest BCUT2D eigenvalue weighted by atomic mass is 10.1. The smallest absolute Gasteiger partial charge is 0.363 e. The molecule has 0 saturated carbocycles. The number of benzene rings is 2. The van der Waals surface area contributed by atoms with E-state index < -0.39 is 10.9 Å². The molecule has 0 unspecified atom stereocenters. The number of furan rings is 1. The van der Waals surface area contributed by atoms with Crippen LogP contribution < -0.4 is 0 Å². The van der Waals surface area contributed by atoms with Gasteiger partial charge in [-0.05, 0) is 23.8 Å². The molecular weight excluding hydrogens is 372 g/mol. The van der Waals surface area contributed by atoms with E-state index in [2.05, 4.69) is 4.99 Å². The normalized spacial score (nSPS) is 15.0. The molecule has 7 nitrogen and oxygen atoms in total. The molecule has 1 aromatic heterocycles. The van der Waals surface area contributed by atoms with Crippen LogP contribution in [0.25, 0.3) is 23.5 Å². The lowest BCUT2D eigenvalue weighted by molar-refractivity contribution is -0.384. The van der Waals surface area contributed by atoms with Crippen LogP contribution in [0.15, 0.2) is 87.9 Å². The number of aliphatic imine (C=N–C) groups is 1. The largest absolute Gasteiger partial charge is 0.457 e. The van der Waals surface area contributed by atoms with Crippen LogP contribution in [0, 0.1) is 10.1 Å². The lowest BCUT2D eigenvalue weighted by Gasteiger charge is -1.97. The monoisotopic (exact) mass is 386 g/mol. The Morgan fingerprint density at radius 2 is 1.79 bits per heavy atom. The van der Waals surface area contributed by atoms with E-state index in [1.165, 1.54) is 18.2 Å². The number of esters is 1. The number of hydrogen-bond acceptors (Lipinski definition) is 6. The van der Waals surface area contributed by atoms with Gasteiger partial charge in [0.15, 0.2) is 5.70 Å². The van der Waals surface area contributed by atoms with Gasteiger partial charge in [-0.25, -0.2) is 9.79 Å². The van der Waals surface area contributed by atoms with E-state index in [-0.39, 0.29) is 17.3 Å². The first-order chi connectivity index (χ1) is 14.1. The number of carbonyl (C=O) groups is 1. The Morgan fingerprint density at radius 1 is 0.966 bits per heavy atom. The van der Waals surface area contributed by atoms with E-state index in [4.69, 9.17) is 9.15 Å². The molecule has 0 radical (unpaired) electrons. The van der Waals surface area contributed by atoms with Gasteiger partial charge in [0.05, 0.1) is 4.92 Å². The van der Waals surface area contributed by atoms with Gasteiger partial charge in [0.1, 0.15) is 11.5 Å². The number of rotatable bonds is 5. The fourth-order valence-electron chi connectivity index (χ4n) is 2.72. The van der Waals surface area contributed by atoms with Gasteiger partial charge in [0, 0.05) is 29.8 Å². The van der Waals surface area contributed by atoms with E-state index in [0.717, 1.165) is 5.56 Å². The minimum absolute atomic E-state index is 0.0300. The number of nitro groups is 1. The van der Waals surface area contributed by atoms with Crippen LogP contribution in [0.1, 0.15) is 11.3 Å². The topological polar surface area (TPSA) is 94.9 Å². The van der Waals surface area contributed by atoms with Gasteiger partial charge in [-0.15, -0.1) is 0 Å². The van der Waals surface area contributed by atoms with Crippen LogP contribution in [-0.2, 0) is 9.53 Å². The van der Waals surface area contributed by atoms with Crippen LogP contribution in [0.3, 0.4) is 0 Å². The quantitative estimate of drug-likeness (QED) is 0.270. The summed E-state index contributed by atoms with van der Waals surface area (Å²) in [5, 5.41) is 10.9. The van der Waals surface area contributed by atoms with Crippen LogP contribution in [0.2, 0.25) is 0 Å². The Balaban J connectivity index is 1.55. The second-order valence-electron chi connectivity index (χ2n) is 6.12. The highest BCUT2D eigenvalue weighted by Crippen LogP contribution is 2.27. The van der Waals surface area contributed by atoms with Gasteiger partial charge in [-0.2, -0.15) is 0 Å². The van der Waals surface area contributed by atoms with Gasteiger partial charge in [0.2, 0.25) is 5.90 Å². The fourth-order valence-corrected chi connectivity index (χ4v) is 2.72. The maximum Gasteiger partial charge on any atom is 0.363 e. The maximum atomic E-state index is 12.0. The molecule has 2 aromatic carbocycles. The molecule has 1 aliphatic rings. The van der Waals surface area contributed by atoms with Crippen molar-refractivity contribution < 1.29 is 18.9 Å². The van der Waals surface area contributed by atoms with E-state index in [1.54, 1.807) is 36.4 Å². The van der Waals surface area contributed by atoms with Crippen LogP contribution >= 0.6 is 0 Å². The second-order valence-corrected chi connectivity index (χ2v) is 6.12. The lowest BCUT2D eigenvalue weighted by Crippen LogP contribution is -2.00. The third-order valence-electron chi connectivity index (χ3n) is 4.10. The van der Waals surface area contributed by atoms with Crippen molar-refractivity contribution in [2.24, 2.45) is 4.99 Å². The van der Waals surface area contributed by atoms with Crippen molar-refractivity contribution in [2.75, 3.05) is 0 Å². The molecule has 0 amide bonds. The van der Waals surface area contributed by atoms with Crippen LogP contribution in [0.5, 0.6) is 0 Å². The number of nitrogens with zero attached hydrogens (tertiary/aromatic N) is 2. The minimum Gasteiger partial charge on any atom is -0.457 e. The average Bonchev–Trinajstić information content (AvgIpc) is 3.34. The molecule has 0 fully saturated rings. The zero-order valence-electron chi connectivity index (χ0n) is 15.0. The number of hydrogen-bond donors (Lipinski definition) is 0. The number of cyclic esters (lactones) is 1. The third kappa shape index (κ3) is 4.19. The predicted molar refractivity (Wildman–Crippen MR) is 108 cm³/mol. The Bertz CT molecular complexity index is 1170. The van der Waals surface area contributed by atoms with Crippen LogP contribution in [-0.4, -0.2) is 16.8 Å². The molecule has 142 valence electrons. The molecule has 0 saturated heterocycles. The van der Waals surface area contributed by atoms with Crippen molar-refractivity contribution in [1.29, 1.82) is 0 Å². The van der Waals surface area contributed by atoms with Gasteiger partial charge in [0.25, 0.3) is 5.69 Å². The third-order valence-corrected chi connectivity index (χ3v) is 4.10. The van der Waals surface area contributed by atoms with Crippen molar-refractivity contribution in [2.45, 2.75) is 0 Å². The summed E-state index contributed by atoms with van der Waals surface area (Å²) in [7, 11) is 0. The summed E-state index contributed by atoms with van der Waals surface area (Å²) in [5.41, 5.74) is 1.60. The van der Waals surface area contributed by atoms with E-state index in [9.17, 15) is 14.9 Å². The number of non-ortho nitro benzene ring substituents is 1. The Labute approximate surface area is 165 Å². The van der Waals surface area contributed by atoms with Crippen LogP contribution in [0.4, 0.5) is 5.69 Å². The van der Waals surface area contributed by atoms with Gasteiger partial charge in [-0.1, -0.05) is 42.5 Å². The van der Waals surface area contributed by atoms with E-state index in [1.807, 2.05) is 30.3 Å². The summed E-state index contributed by atoms with van der Waals surface area (Å²) in [6.07, 6.45) is 4.87. The summed E-state index contributed by atoms with van der Waals surface area (Å²) < 4.78 is 10.8. The van der Waals surface area contributed by atoms with Crippen molar-refractivity contribution in [3.63, 3.8) is 0 Å². The highest BCUT2D eigenvalue weighted by atomic mass is 16.6. The molecule has 3 aromatic rings. The van der Waals surface area contributed by atoms with Crippen molar-refractivity contribution >= 4 is 29.7 Å². The molecule has 2 heterocycles. The molecule has 0 bridgehead atoms. The highest BCUT2D eigenvalue weighted by Gasteiger charge is 2.22. The molecule has 0 spiro atoms.